The van der Waals surface area contributed by atoms with Gasteiger partial charge in [0.2, 0.25) is 0 Å². The van der Waals surface area contributed by atoms with E-state index in [1.807, 2.05) is 18.2 Å². The molecule has 0 aliphatic rings. The second-order valence-corrected chi connectivity index (χ2v) is 4.28. The van der Waals surface area contributed by atoms with Crippen molar-refractivity contribution in [3.63, 3.8) is 0 Å². The van der Waals surface area contributed by atoms with E-state index >= 15 is 0 Å². The van der Waals surface area contributed by atoms with Crippen molar-refractivity contribution in [3.05, 3.63) is 30.1 Å². The van der Waals surface area contributed by atoms with Gasteiger partial charge in [0.15, 0.2) is 0 Å². The van der Waals surface area contributed by atoms with Crippen molar-refractivity contribution in [2.45, 2.75) is 12.5 Å². The molecule has 0 saturated carbocycles. The first-order chi connectivity index (χ1) is 9.76. The van der Waals surface area contributed by atoms with Crippen LogP contribution in [0.4, 0.5) is 5.82 Å². The fourth-order valence-electron chi connectivity index (χ4n) is 1.86. The van der Waals surface area contributed by atoms with Crippen molar-refractivity contribution >= 4 is 16.7 Å². The van der Waals surface area contributed by atoms with Gasteiger partial charge in [-0.05, 0) is 12.1 Å². The van der Waals surface area contributed by atoms with Crippen molar-refractivity contribution in [1.82, 2.24) is 9.97 Å². The van der Waals surface area contributed by atoms with Crippen molar-refractivity contribution < 1.29 is 9.47 Å². The molecule has 0 fully saturated rings. The fourth-order valence-corrected chi connectivity index (χ4v) is 1.86. The molecule has 0 bridgehead atoms. The molecule has 0 radical (unpaired) electrons. The molecule has 1 aromatic heterocycles. The summed E-state index contributed by atoms with van der Waals surface area (Å²) in [6, 6.07) is 5.70. The number of anilines is 1. The van der Waals surface area contributed by atoms with E-state index in [1.54, 1.807) is 14.2 Å². The molecular formula is C15H17N3O2. The van der Waals surface area contributed by atoms with Gasteiger partial charge in [-0.15, -0.1) is 0 Å². The highest BCUT2D eigenvalue weighted by molar-refractivity contribution is 5.91. The number of aromatic nitrogens is 2. The predicted molar refractivity (Wildman–Crippen MR) is 78.1 cm³/mol. The number of nitrogens with two attached hydrogens (primary N) is 1. The van der Waals surface area contributed by atoms with E-state index in [-0.39, 0.29) is 6.10 Å². The summed E-state index contributed by atoms with van der Waals surface area (Å²) in [4.78, 5) is 8.22. The van der Waals surface area contributed by atoms with Crippen LogP contribution >= 0.6 is 0 Å². The molecule has 5 nitrogen and oxygen atoms in total. The highest BCUT2D eigenvalue weighted by Crippen LogP contribution is 2.19. The summed E-state index contributed by atoms with van der Waals surface area (Å²) in [6.07, 6.45) is 2.02. The van der Waals surface area contributed by atoms with Gasteiger partial charge in [0, 0.05) is 26.0 Å². The summed E-state index contributed by atoms with van der Waals surface area (Å²) >= 11 is 0. The topological polar surface area (TPSA) is 70.3 Å². The highest BCUT2D eigenvalue weighted by Gasteiger charge is 2.05. The number of benzene rings is 1. The zero-order valence-electron chi connectivity index (χ0n) is 11.6. The van der Waals surface area contributed by atoms with Crippen LogP contribution in [0.3, 0.4) is 0 Å². The number of hydrogen-bond acceptors (Lipinski definition) is 5. The number of nitrogens with zero attached hydrogens (tertiary/aromatic N) is 2. The van der Waals surface area contributed by atoms with E-state index in [4.69, 9.17) is 15.2 Å². The Hall–Kier alpha value is -2.16. The van der Waals surface area contributed by atoms with E-state index < -0.39 is 0 Å². The molecule has 0 aliphatic heterocycles. The van der Waals surface area contributed by atoms with E-state index in [0.29, 0.717) is 18.8 Å². The van der Waals surface area contributed by atoms with Crippen LogP contribution in [0.1, 0.15) is 12.0 Å². The average Bonchev–Trinajstić information content (AvgIpc) is 2.47. The number of fused-ring (bicyclic) bond motifs is 1. The molecule has 0 spiro atoms. The number of methoxy groups -OCH3 is 2. The molecule has 5 heteroatoms. The van der Waals surface area contributed by atoms with Crippen LogP contribution in [0, 0.1) is 11.8 Å². The van der Waals surface area contributed by atoms with Crippen molar-refractivity contribution in [1.29, 1.82) is 0 Å². The minimum absolute atomic E-state index is 0.0258. The van der Waals surface area contributed by atoms with E-state index in [0.717, 1.165) is 16.5 Å². The molecule has 0 amide bonds. The largest absolute Gasteiger partial charge is 0.383 e. The number of hydrogen-bond donors (Lipinski definition) is 1. The molecule has 104 valence electrons. The summed E-state index contributed by atoms with van der Waals surface area (Å²) in [6.45, 7) is 0.524. The number of rotatable bonds is 4. The van der Waals surface area contributed by atoms with Crippen molar-refractivity contribution in [3.8, 4) is 11.8 Å². The first-order valence-electron chi connectivity index (χ1n) is 6.26. The van der Waals surface area contributed by atoms with Gasteiger partial charge in [0.1, 0.15) is 12.1 Å². The highest BCUT2D eigenvalue weighted by atomic mass is 16.5. The summed E-state index contributed by atoms with van der Waals surface area (Å²) in [5.74, 6) is 6.67. The maximum atomic E-state index is 5.83. The average molecular weight is 271 g/mol. The number of ether oxygens (including phenoxy) is 2. The van der Waals surface area contributed by atoms with Crippen molar-refractivity contribution in [2.24, 2.45) is 0 Å². The maximum absolute atomic E-state index is 5.83. The van der Waals surface area contributed by atoms with E-state index in [2.05, 4.69) is 21.8 Å². The third-order valence-electron chi connectivity index (χ3n) is 2.93. The van der Waals surface area contributed by atoms with Gasteiger partial charge >= 0.3 is 0 Å². The zero-order valence-corrected chi connectivity index (χ0v) is 11.6. The summed E-state index contributed by atoms with van der Waals surface area (Å²) in [5.41, 5.74) is 7.44. The molecule has 2 N–H and O–H groups in total. The third-order valence-corrected chi connectivity index (χ3v) is 2.93. The lowest BCUT2D eigenvalue weighted by molar-refractivity contribution is 0.0318. The third kappa shape index (κ3) is 3.23. The Labute approximate surface area is 118 Å². The fraction of sp³-hybridized carbons (Fsp3) is 0.333. The minimum atomic E-state index is -0.0258. The Kier molecular flexibility index (Phi) is 4.88. The Morgan fingerprint density at radius 1 is 1.30 bits per heavy atom. The summed E-state index contributed by atoms with van der Waals surface area (Å²) in [7, 11) is 3.29. The Balaban J connectivity index is 2.24. The Morgan fingerprint density at radius 3 is 2.90 bits per heavy atom. The quantitative estimate of drug-likeness (QED) is 0.856. The molecule has 20 heavy (non-hydrogen) atoms. The second-order valence-electron chi connectivity index (χ2n) is 4.28. The minimum Gasteiger partial charge on any atom is -0.383 e. The first kappa shape index (κ1) is 14.3. The van der Waals surface area contributed by atoms with Gasteiger partial charge in [0.05, 0.1) is 23.8 Å². The van der Waals surface area contributed by atoms with Gasteiger partial charge in [0.25, 0.3) is 0 Å². The lowest BCUT2D eigenvalue weighted by Crippen LogP contribution is -2.16. The van der Waals surface area contributed by atoms with Crippen LogP contribution < -0.4 is 5.73 Å². The molecule has 1 unspecified atom stereocenters. The van der Waals surface area contributed by atoms with E-state index in [9.17, 15) is 0 Å². The van der Waals surface area contributed by atoms with Gasteiger partial charge in [-0.1, -0.05) is 17.9 Å². The number of nitrogen functional groups attached to an aromatic ring is 1. The van der Waals surface area contributed by atoms with Crippen molar-refractivity contribution in [2.75, 3.05) is 26.6 Å². The standard InChI is InChI=1S/C15H17N3O2/c1-19-9-12(20-2)7-3-5-11-6-4-8-13-14(11)17-10-18-15(13)16/h4,6,8,10,12H,7,9H2,1-2H3,(H2,16,17,18). The van der Waals surface area contributed by atoms with Gasteiger partial charge in [-0.25, -0.2) is 9.97 Å². The van der Waals surface area contributed by atoms with Crippen LogP contribution in [-0.2, 0) is 9.47 Å². The monoisotopic (exact) mass is 271 g/mol. The van der Waals surface area contributed by atoms with Crippen LogP contribution in [0.2, 0.25) is 0 Å². The lowest BCUT2D eigenvalue weighted by atomic mass is 10.1. The zero-order chi connectivity index (χ0) is 14.4. The van der Waals surface area contributed by atoms with E-state index in [1.165, 1.54) is 6.33 Å². The molecule has 1 aromatic carbocycles. The molecule has 1 heterocycles. The van der Waals surface area contributed by atoms with Gasteiger partial charge in [-0.3, -0.25) is 0 Å². The number of para-hydroxylation sites is 1. The normalized spacial score (nSPS) is 11.9. The second kappa shape index (κ2) is 6.85. The van der Waals surface area contributed by atoms with Crippen LogP contribution in [0.25, 0.3) is 10.9 Å². The molecule has 0 aliphatic carbocycles. The van der Waals surface area contributed by atoms with Gasteiger partial charge in [-0.2, -0.15) is 0 Å². The van der Waals surface area contributed by atoms with Crippen LogP contribution in [0.15, 0.2) is 24.5 Å². The Morgan fingerprint density at radius 2 is 2.15 bits per heavy atom. The molecule has 0 saturated heterocycles. The smallest absolute Gasteiger partial charge is 0.134 e. The maximum Gasteiger partial charge on any atom is 0.134 e. The molecular weight excluding hydrogens is 254 g/mol. The molecule has 2 rings (SSSR count). The predicted octanol–water partition coefficient (Wildman–Crippen LogP) is 1.62. The summed E-state index contributed by atoms with van der Waals surface area (Å²) < 4.78 is 10.3. The SMILES string of the molecule is COCC(CC#Cc1cccc2c(N)ncnc12)OC. The summed E-state index contributed by atoms with van der Waals surface area (Å²) in [5, 5.41) is 0.819. The van der Waals surface area contributed by atoms with Crippen LogP contribution in [-0.4, -0.2) is 36.9 Å². The van der Waals surface area contributed by atoms with Crippen LogP contribution in [0.5, 0.6) is 0 Å². The molecule has 1 atom stereocenters. The first-order valence-corrected chi connectivity index (χ1v) is 6.26. The van der Waals surface area contributed by atoms with Gasteiger partial charge < -0.3 is 15.2 Å². The molecule has 2 aromatic rings. The Bertz CT molecular complexity index is 646. The lowest BCUT2D eigenvalue weighted by Gasteiger charge is -2.09.